The second kappa shape index (κ2) is 8.54. The molecule has 2 aliphatic heterocycles. The third kappa shape index (κ3) is 4.47. The van der Waals surface area contributed by atoms with Gasteiger partial charge in [0.2, 0.25) is 5.91 Å². The van der Waals surface area contributed by atoms with Gasteiger partial charge in [0.1, 0.15) is 0 Å². The molecule has 0 spiro atoms. The van der Waals surface area contributed by atoms with Crippen molar-refractivity contribution in [2.75, 3.05) is 19.6 Å². The minimum absolute atomic E-state index is 0. The lowest BCUT2D eigenvalue weighted by Crippen LogP contribution is -2.36. The van der Waals surface area contributed by atoms with E-state index in [1.165, 1.54) is 12.0 Å². The molecule has 2 aliphatic rings. The number of carbonyl (C=O) groups is 1. The molecule has 2 heterocycles. The maximum atomic E-state index is 12.5. The number of hydrogen-bond donors (Lipinski definition) is 1. The van der Waals surface area contributed by atoms with E-state index in [-0.39, 0.29) is 12.4 Å². The van der Waals surface area contributed by atoms with E-state index in [2.05, 4.69) is 40.5 Å². The Morgan fingerprint density at radius 1 is 1.23 bits per heavy atom. The van der Waals surface area contributed by atoms with Crippen molar-refractivity contribution in [3.05, 3.63) is 35.9 Å². The zero-order valence-electron chi connectivity index (χ0n) is 13.2. The van der Waals surface area contributed by atoms with Crippen LogP contribution >= 0.6 is 12.4 Å². The first-order valence-corrected chi connectivity index (χ1v) is 8.37. The summed E-state index contributed by atoms with van der Waals surface area (Å²) in [6.07, 6.45) is 6.36. The van der Waals surface area contributed by atoms with Gasteiger partial charge in [0.15, 0.2) is 0 Å². The van der Waals surface area contributed by atoms with E-state index in [1.807, 2.05) is 0 Å². The Bertz CT molecular complexity index is 459. The van der Waals surface area contributed by atoms with Gasteiger partial charge in [-0.25, -0.2) is 0 Å². The highest BCUT2D eigenvalue weighted by Crippen LogP contribution is 2.23. The van der Waals surface area contributed by atoms with Crippen LogP contribution in [-0.4, -0.2) is 36.5 Å². The number of carbonyl (C=O) groups excluding carboxylic acids is 1. The van der Waals surface area contributed by atoms with Crippen LogP contribution in [0.4, 0.5) is 0 Å². The van der Waals surface area contributed by atoms with Gasteiger partial charge in [-0.2, -0.15) is 0 Å². The molecule has 3 nitrogen and oxygen atoms in total. The zero-order valence-corrected chi connectivity index (χ0v) is 14.0. The van der Waals surface area contributed by atoms with E-state index in [4.69, 9.17) is 0 Å². The molecule has 2 atom stereocenters. The van der Waals surface area contributed by atoms with Gasteiger partial charge in [-0.15, -0.1) is 12.4 Å². The number of nitrogens with one attached hydrogen (secondary N) is 1. The summed E-state index contributed by atoms with van der Waals surface area (Å²) in [5, 5.41) is 3.38. The van der Waals surface area contributed by atoms with E-state index >= 15 is 0 Å². The van der Waals surface area contributed by atoms with Crippen molar-refractivity contribution in [1.82, 2.24) is 10.2 Å². The maximum Gasteiger partial charge on any atom is 0.222 e. The van der Waals surface area contributed by atoms with Gasteiger partial charge in [-0.05, 0) is 56.7 Å². The van der Waals surface area contributed by atoms with E-state index < -0.39 is 0 Å². The van der Waals surface area contributed by atoms with Gasteiger partial charge < -0.3 is 10.2 Å². The van der Waals surface area contributed by atoms with Crippen molar-refractivity contribution in [3.8, 4) is 0 Å². The Labute approximate surface area is 139 Å². The lowest BCUT2D eigenvalue weighted by molar-refractivity contribution is -0.132. The number of amides is 1. The molecule has 3 rings (SSSR count). The van der Waals surface area contributed by atoms with Crippen molar-refractivity contribution in [3.63, 3.8) is 0 Å². The summed E-state index contributed by atoms with van der Waals surface area (Å²) in [5.74, 6) is 1.09. The summed E-state index contributed by atoms with van der Waals surface area (Å²) in [6, 6.07) is 11.0. The highest BCUT2D eigenvalue weighted by atomic mass is 35.5. The molecule has 122 valence electrons. The predicted molar refractivity (Wildman–Crippen MR) is 92.3 cm³/mol. The van der Waals surface area contributed by atoms with Crippen LogP contribution in [0.5, 0.6) is 0 Å². The minimum Gasteiger partial charge on any atom is -0.339 e. The Morgan fingerprint density at radius 2 is 2.05 bits per heavy atom. The summed E-state index contributed by atoms with van der Waals surface area (Å²) >= 11 is 0. The summed E-state index contributed by atoms with van der Waals surface area (Å²) in [7, 11) is 0. The molecule has 1 aromatic rings. The molecule has 4 heteroatoms. The van der Waals surface area contributed by atoms with Gasteiger partial charge >= 0.3 is 0 Å². The lowest BCUT2D eigenvalue weighted by atomic mass is 10.0. The summed E-state index contributed by atoms with van der Waals surface area (Å²) in [6.45, 7) is 3.18. The molecule has 22 heavy (non-hydrogen) atoms. The molecule has 1 amide bonds. The highest BCUT2D eigenvalue weighted by molar-refractivity contribution is 5.85. The Morgan fingerprint density at radius 3 is 2.77 bits per heavy atom. The molecule has 0 aliphatic carbocycles. The Kier molecular flexibility index (Phi) is 6.71. The smallest absolute Gasteiger partial charge is 0.222 e. The minimum atomic E-state index is 0. The van der Waals surface area contributed by atoms with Gasteiger partial charge in [-0.3, -0.25) is 4.79 Å². The van der Waals surface area contributed by atoms with E-state index in [0.717, 1.165) is 51.7 Å². The lowest BCUT2D eigenvalue weighted by Gasteiger charge is -2.25. The fourth-order valence-corrected chi connectivity index (χ4v) is 3.69. The molecule has 0 bridgehead atoms. The van der Waals surface area contributed by atoms with Crippen molar-refractivity contribution >= 4 is 18.3 Å². The summed E-state index contributed by atoms with van der Waals surface area (Å²) in [4.78, 5) is 14.7. The summed E-state index contributed by atoms with van der Waals surface area (Å²) in [5.41, 5.74) is 1.35. The number of halogens is 1. The quantitative estimate of drug-likeness (QED) is 0.903. The highest BCUT2D eigenvalue weighted by Gasteiger charge is 2.29. The number of likely N-dealkylation sites (tertiary alicyclic amines) is 1. The maximum absolute atomic E-state index is 12.5. The second-order valence-electron chi connectivity index (χ2n) is 6.47. The number of nitrogens with zero attached hydrogens (tertiary/aromatic N) is 1. The monoisotopic (exact) mass is 322 g/mol. The van der Waals surface area contributed by atoms with Crippen molar-refractivity contribution in [2.45, 2.75) is 44.6 Å². The van der Waals surface area contributed by atoms with Crippen LogP contribution in [0.15, 0.2) is 30.3 Å². The Hall–Kier alpha value is -1.06. The number of rotatable bonds is 5. The van der Waals surface area contributed by atoms with E-state index in [1.54, 1.807) is 0 Å². The fraction of sp³-hybridized carbons (Fsp3) is 0.611. The summed E-state index contributed by atoms with van der Waals surface area (Å²) < 4.78 is 0. The fourth-order valence-electron chi connectivity index (χ4n) is 3.69. The van der Waals surface area contributed by atoms with Crippen molar-refractivity contribution in [1.29, 1.82) is 0 Å². The van der Waals surface area contributed by atoms with Gasteiger partial charge in [-0.1, -0.05) is 30.3 Å². The van der Waals surface area contributed by atoms with Crippen LogP contribution < -0.4 is 5.32 Å². The molecule has 0 aromatic heterocycles. The molecule has 1 aromatic carbocycles. The topological polar surface area (TPSA) is 32.3 Å². The average molecular weight is 323 g/mol. The standard InChI is InChI=1S/C18H26N2O.ClH/c21-18(9-8-16-10-11-19-14-16)20-12-4-7-17(20)13-15-5-2-1-3-6-15;/h1-3,5-6,16-17,19H,4,7-14H2;1H. The van der Waals surface area contributed by atoms with Crippen molar-refractivity contribution < 1.29 is 4.79 Å². The third-order valence-electron chi connectivity index (χ3n) is 4.94. The molecule has 0 saturated carbocycles. The van der Waals surface area contributed by atoms with Gasteiger partial charge in [0.05, 0.1) is 0 Å². The van der Waals surface area contributed by atoms with Gasteiger partial charge in [0.25, 0.3) is 0 Å². The Balaban J connectivity index is 0.00000176. The largest absolute Gasteiger partial charge is 0.339 e. The SMILES string of the molecule is Cl.O=C(CCC1CCNC1)N1CCCC1Cc1ccccc1. The van der Waals surface area contributed by atoms with Crippen LogP contribution in [-0.2, 0) is 11.2 Å². The normalized spacial score (nSPS) is 24.3. The van der Waals surface area contributed by atoms with Crippen molar-refractivity contribution in [2.24, 2.45) is 5.92 Å². The first kappa shape index (κ1) is 17.3. The molecule has 2 unspecified atom stereocenters. The second-order valence-corrected chi connectivity index (χ2v) is 6.47. The molecular weight excluding hydrogens is 296 g/mol. The van der Waals surface area contributed by atoms with Gasteiger partial charge in [0, 0.05) is 19.0 Å². The van der Waals surface area contributed by atoms with E-state index in [9.17, 15) is 4.79 Å². The van der Waals surface area contributed by atoms with Crippen LogP contribution in [0, 0.1) is 5.92 Å². The zero-order chi connectivity index (χ0) is 14.5. The molecule has 2 fully saturated rings. The van der Waals surface area contributed by atoms with E-state index in [0.29, 0.717) is 17.9 Å². The first-order valence-electron chi connectivity index (χ1n) is 8.37. The molecule has 1 N–H and O–H groups in total. The first-order chi connectivity index (χ1) is 10.3. The third-order valence-corrected chi connectivity index (χ3v) is 4.94. The number of benzene rings is 1. The predicted octanol–water partition coefficient (Wildman–Crippen LogP) is 3.03. The van der Waals surface area contributed by atoms with Crippen LogP contribution in [0.25, 0.3) is 0 Å². The molecule has 0 radical (unpaired) electrons. The molecule has 2 saturated heterocycles. The number of hydrogen-bond acceptors (Lipinski definition) is 2. The average Bonchev–Trinajstić information content (AvgIpc) is 3.17. The van der Waals surface area contributed by atoms with Crippen LogP contribution in [0.3, 0.4) is 0 Å². The van der Waals surface area contributed by atoms with Crippen LogP contribution in [0.2, 0.25) is 0 Å². The van der Waals surface area contributed by atoms with Crippen LogP contribution in [0.1, 0.15) is 37.7 Å². The molecular formula is C18H27ClN2O.